The highest BCUT2D eigenvalue weighted by atomic mass is 16.5. The van der Waals surface area contributed by atoms with Gasteiger partial charge >= 0.3 is 0 Å². The van der Waals surface area contributed by atoms with E-state index in [2.05, 4.69) is 16.5 Å². The van der Waals surface area contributed by atoms with Crippen LogP contribution in [-0.2, 0) is 26.5 Å². The van der Waals surface area contributed by atoms with E-state index in [0.29, 0.717) is 53.5 Å². The van der Waals surface area contributed by atoms with E-state index >= 15 is 0 Å². The van der Waals surface area contributed by atoms with Gasteiger partial charge < -0.3 is 29.3 Å². The van der Waals surface area contributed by atoms with Gasteiger partial charge in [-0.3, -0.25) is 9.59 Å². The Balaban J connectivity index is 1.53. The molecule has 0 saturated carbocycles. The van der Waals surface area contributed by atoms with Crippen molar-refractivity contribution < 1.29 is 14.4 Å². The number of anilines is 4. The van der Waals surface area contributed by atoms with Gasteiger partial charge in [-0.05, 0) is 47.9 Å². The lowest BCUT2D eigenvalue weighted by Gasteiger charge is -2.31. The van der Waals surface area contributed by atoms with Crippen molar-refractivity contribution in [3.05, 3.63) is 87.5 Å². The Hall–Kier alpha value is -4.37. The smallest absolute Gasteiger partial charge is 0.274 e. The van der Waals surface area contributed by atoms with E-state index in [1.165, 1.54) is 4.57 Å². The molecule has 2 aromatic carbocycles. The average molecular weight is 514 g/mol. The number of hydrogen-bond acceptors (Lipinski definition) is 7. The van der Waals surface area contributed by atoms with E-state index in [1.807, 2.05) is 56.3 Å². The summed E-state index contributed by atoms with van der Waals surface area (Å²) in [6, 6.07) is 15.0. The number of hydrogen-bond donors (Lipinski definition) is 2. The average Bonchev–Trinajstić information content (AvgIpc) is 3.38. The Labute approximate surface area is 220 Å². The molecule has 0 aliphatic carbocycles. The summed E-state index contributed by atoms with van der Waals surface area (Å²) in [6.07, 6.45) is 3.13. The van der Waals surface area contributed by atoms with Crippen molar-refractivity contribution in [1.29, 1.82) is 0 Å². The van der Waals surface area contributed by atoms with Crippen LogP contribution in [0, 0.1) is 0 Å². The summed E-state index contributed by atoms with van der Waals surface area (Å²) in [4.78, 5) is 30.2. The number of aliphatic hydroxyl groups excluding tert-OH is 1. The predicted octanol–water partition coefficient (Wildman–Crippen LogP) is 4.11. The van der Waals surface area contributed by atoms with Gasteiger partial charge in [0.1, 0.15) is 11.4 Å². The number of amides is 1. The molecule has 0 unspecified atom stereocenters. The van der Waals surface area contributed by atoms with E-state index in [0.717, 1.165) is 22.4 Å². The van der Waals surface area contributed by atoms with E-state index in [9.17, 15) is 14.7 Å². The minimum Gasteiger partial charge on any atom is -0.392 e. The highest BCUT2D eigenvalue weighted by molar-refractivity contribution is 6.09. The van der Waals surface area contributed by atoms with Crippen molar-refractivity contribution >= 4 is 28.8 Å². The number of benzene rings is 2. The molecule has 0 saturated heterocycles. The predicted molar refractivity (Wildman–Crippen MR) is 148 cm³/mol. The number of pyridine rings is 1. The summed E-state index contributed by atoms with van der Waals surface area (Å²) in [5.41, 5.74) is 5.58. The van der Waals surface area contributed by atoms with Gasteiger partial charge in [-0.2, -0.15) is 0 Å². The van der Waals surface area contributed by atoms with Crippen LogP contribution < -0.4 is 20.7 Å². The third-order valence-electron chi connectivity index (χ3n) is 6.95. The molecular formula is C29H31N5O4. The van der Waals surface area contributed by atoms with Crippen molar-refractivity contribution in [3.63, 3.8) is 0 Å². The van der Waals surface area contributed by atoms with Crippen LogP contribution >= 0.6 is 0 Å². The van der Waals surface area contributed by atoms with Gasteiger partial charge in [0.2, 0.25) is 0 Å². The maximum atomic E-state index is 13.6. The minimum atomic E-state index is -0.267. The summed E-state index contributed by atoms with van der Waals surface area (Å²) in [5.74, 6) is 1.06. The second-order valence-electron chi connectivity index (χ2n) is 9.62. The lowest BCUT2D eigenvalue weighted by molar-refractivity contribution is 0.0980. The van der Waals surface area contributed by atoms with E-state index in [4.69, 9.17) is 4.52 Å². The summed E-state index contributed by atoms with van der Waals surface area (Å²) < 4.78 is 6.73. The number of aromatic nitrogens is 2. The Morgan fingerprint density at radius 1 is 1.11 bits per heavy atom. The first-order chi connectivity index (χ1) is 18.3. The molecule has 0 radical (unpaired) electrons. The Kier molecular flexibility index (Phi) is 6.77. The van der Waals surface area contributed by atoms with Crippen molar-refractivity contribution in [2.75, 3.05) is 35.8 Å². The van der Waals surface area contributed by atoms with Crippen LogP contribution in [0.25, 0.3) is 11.1 Å². The van der Waals surface area contributed by atoms with Gasteiger partial charge in [0.05, 0.1) is 12.3 Å². The number of nitrogens with zero attached hydrogens (tertiary/aromatic N) is 4. The first-order valence-corrected chi connectivity index (χ1v) is 12.6. The zero-order valence-electron chi connectivity index (χ0n) is 22.0. The van der Waals surface area contributed by atoms with Gasteiger partial charge in [-0.1, -0.05) is 24.2 Å². The Bertz CT molecular complexity index is 1570. The molecule has 0 spiro atoms. The number of aliphatic hydroxyl groups is 1. The SMILES string of the molecule is CCc1cc(Nc2cc(-c3cccc(N4CCc5cc(N(C)C)ccc5C4=O)c3CO)cn(C)c2=O)no1. The zero-order valence-corrected chi connectivity index (χ0v) is 22.0. The number of carbonyl (C=O) groups excluding carboxylic acids is 1. The van der Waals surface area contributed by atoms with Crippen LogP contribution in [0.15, 0.2) is 64.0 Å². The lowest BCUT2D eigenvalue weighted by atomic mass is 9.94. The standard InChI is InChI=1S/C29H31N5O4/c1-5-21-15-27(31-38-21)30-25-14-19(16-33(4)29(25)37)22-7-6-8-26(24(22)17-35)34-12-11-18-13-20(32(2)3)9-10-23(18)28(34)36/h6-10,13-16,35H,5,11-12,17H2,1-4H3,(H,30,31). The first-order valence-electron chi connectivity index (χ1n) is 12.6. The van der Waals surface area contributed by atoms with Crippen molar-refractivity contribution in [2.45, 2.75) is 26.4 Å². The molecule has 0 bridgehead atoms. The maximum absolute atomic E-state index is 13.6. The first kappa shape index (κ1) is 25.3. The zero-order chi connectivity index (χ0) is 27.0. The molecule has 3 heterocycles. The number of rotatable bonds is 7. The van der Waals surface area contributed by atoms with Gasteiger partial charge in [-0.15, -0.1) is 0 Å². The topological polar surface area (TPSA) is 104 Å². The van der Waals surface area contributed by atoms with Gasteiger partial charge in [0, 0.05) is 68.7 Å². The summed E-state index contributed by atoms with van der Waals surface area (Å²) >= 11 is 0. The molecule has 9 heteroatoms. The molecule has 9 nitrogen and oxygen atoms in total. The molecule has 1 aliphatic rings. The fourth-order valence-electron chi connectivity index (χ4n) is 4.87. The van der Waals surface area contributed by atoms with E-state index in [-0.39, 0.29) is 18.1 Å². The summed E-state index contributed by atoms with van der Waals surface area (Å²) in [5, 5.41) is 17.5. The molecule has 2 N–H and O–H groups in total. The number of nitrogens with one attached hydrogen (secondary N) is 1. The van der Waals surface area contributed by atoms with Crippen LogP contribution in [0.1, 0.15) is 34.2 Å². The van der Waals surface area contributed by atoms with Crippen molar-refractivity contribution in [3.8, 4) is 11.1 Å². The number of carbonyl (C=O) groups is 1. The Morgan fingerprint density at radius 3 is 2.63 bits per heavy atom. The van der Waals surface area contributed by atoms with Crippen LogP contribution in [0.4, 0.5) is 22.9 Å². The third kappa shape index (κ3) is 4.56. The minimum absolute atomic E-state index is 0.0935. The van der Waals surface area contributed by atoms with Gasteiger partial charge in [0.25, 0.3) is 11.5 Å². The Morgan fingerprint density at radius 2 is 1.92 bits per heavy atom. The normalized spacial score (nSPS) is 13.0. The third-order valence-corrected chi connectivity index (χ3v) is 6.95. The number of fused-ring (bicyclic) bond motifs is 1. The highest BCUT2D eigenvalue weighted by Crippen LogP contribution is 2.35. The molecular weight excluding hydrogens is 482 g/mol. The van der Waals surface area contributed by atoms with Crippen LogP contribution in [-0.4, -0.2) is 41.4 Å². The van der Waals surface area contributed by atoms with Crippen LogP contribution in [0.5, 0.6) is 0 Å². The molecule has 38 heavy (non-hydrogen) atoms. The molecule has 1 amide bonds. The molecule has 196 valence electrons. The van der Waals surface area contributed by atoms with Crippen LogP contribution in [0.3, 0.4) is 0 Å². The van der Waals surface area contributed by atoms with Crippen LogP contribution in [0.2, 0.25) is 0 Å². The quantitative estimate of drug-likeness (QED) is 0.383. The molecule has 1 aliphatic heterocycles. The molecule has 5 rings (SSSR count). The summed E-state index contributed by atoms with van der Waals surface area (Å²) in [7, 11) is 5.63. The number of aryl methyl sites for hydroxylation is 2. The van der Waals surface area contributed by atoms with E-state index < -0.39 is 0 Å². The molecule has 4 aromatic rings. The van der Waals surface area contributed by atoms with Crippen molar-refractivity contribution in [1.82, 2.24) is 9.72 Å². The van der Waals surface area contributed by atoms with Gasteiger partial charge in [0.15, 0.2) is 5.82 Å². The second-order valence-corrected chi connectivity index (χ2v) is 9.62. The van der Waals surface area contributed by atoms with Gasteiger partial charge in [-0.25, -0.2) is 0 Å². The molecule has 2 aromatic heterocycles. The second kappa shape index (κ2) is 10.2. The monoisotopic (exact) mass is 513 g/mol. The molecule has 0 fully saturated rings. The maximum Gasteiger partial charge on any atom is 0.274 e. The summed E-state index contributed by atoms with van der Waals surface area (Å²) in [6.45, 7) is 2.20. The largest absolute Gasteiger partial charge is 0.392 e. The highest BCUT2D eigenvalue weighted by Gasteiger charge is 2.28. The van der Waals surface area contributed by atoms with E-state index in [1.54, 1.807) is 30.3 Å². The van der Waals surface area contributed by atoms with Crippen molar-refractivity contribution in [2.24, 2.45) is 7.05 Å². The fraction of sp³-hybridized carbons (Fsp3) is 0.276. The fourth-order valence-corrected chi connectivity index (χ4v) is 4.87. The lowest BCUT2D eigenvalue weighted by Crippen LogP contribution is -2.38. The molecule has 0 atom stereocenters.